The molecular weight excluding hydrogens is 280 g/mol. The second-order valence-corrected chi connectivity index (χ2v) is 6.65. The molecule has 0 fully saturated rings. The van der Waals surface area contributed by atoms with Gasteiger partial charge in [-0.15, -0.1) is 0 Å². The summed E-state index contributed by atoms with van der Waals surface area (Å²) in [6.45, 7) is 2.43. The van der Waals surface area contributed by atoms with Gasteiger partial charge in [0, 0.05) is 6.54 Å². The van der Waals surface area contributed by atoms with Crippen molar-refractivity contribution in [1.29, 1.82) is 0 Å². The average molecular weight is 300 g/mol. The van der Waals surface area contributed by atoms with Gasteiger partial charge in [0.1, 0.15) is 0 Å². The van der Waals surface area contributed by atoms with E-state index in [-0.39, 0.29) is 0 Å². The van der Waals surface area contributed by atoms with Crippen LogP contribution >= 0.6 is 12.2 Å². The molecule has 1 aromatic carbocycles. The molecule has 1 rings (SSSR count). The molecule has 6 heteroatoms. The first-order valence-electron chi connectivity index (χ1n) is 6.32. The third-order valence-electron chi connectivity index (χ3n) is 2.66. The third-order valence-corrected chi connectivity index (χ3v) is 4.35. The molecule has 0 saturated carbocycles. The number of nitrogens with one attached hydrogen (secondary N) is 1. The van der Waals surface area contributed by atoms with Crippen LogP contribution in [0.15, 0.2) is 29.2 Å². The topological polar surface area (TPSA) is 72.2 Å². The van der Waals surface area contributed by atoms with Crippen molar-refractivity contribution < 1.29 is 8.42 Å². The Balaban J connectivity index is 2.59. The van der Waals surface area contributed by atoms with E-state index in [1.807, 2.05) is 12.1 Å². The van der Waals surface area contributed by atoms with Crippen molar-refractivity contribution in [1.82, 2.24) is 4.72 Å². The van der Waals surface area contributed by atoms with E-state index in [2.05, 4.69) is 11.6 Å². The molecule has 0 radical (unpaired) electrons. The Morgan fingerprint density at radius 1 is 1.32 bits per heavy atom. The van der Waals surface area contributed by atoms with Crippen LogP contribution in [-0.4, -0.2) is 20.0 Å². The lowest BCUT2D eigenvalue weighted by Gasteiger charge is -2.07. The monoisotopic (exact) mass is 300 g/mol. The predicted molar refractivity (Wildman–Crippen MR) is 81.6 cm³/mol. The molecule has 0 aromatic heterocycles. The number of hydrogen-bond donors (Lipinski definition) is 2. The van der Waals surface area contributed by atoms with Gasteiger partial charge in [-0.05, 0) is 37.0 Å². The highest BCUT2D eigenvalue weighted by atomic mass is 32.2. The SMILES string of the molecule is CCCc1ccc(S(=O)(=O)NCCCC(N)=S)cc1. The minimum atomic E-state index is -3.42. The van der Waals surface area contributed by atoms with Crippen LogP contribution in [0.2, 0.25) is 0 Å². The van der Waals surface area contributed by atoms with Crippen LogP contribution < -0.4 is 10.5 Å². The zero-order chi connectivity index (χ0) is 14.3. The summed E-state index contributed by atoms with van der Waals surface area (Å²) in [6, 6.07) is 6.99. The van der Waals surface area contributed by atoms with Gasteiger partial charge in [-0.3, -0.25) is 0 Å². The molecule has 19 heavy (non-hydrogen) atoms. The number of sulfonamides is 1. The number of aryl methyl sites for hydroxylation is 1. The highest BCUT2D eigenvalue weighted by Gasteiger charge is 2.12. The Morgan fingerprint density at radius 2 is 1.95 bits per heavy atom. The summed E-state index contributed by atoms with van der Waals surface area (Å²) in [5.74, 6) is 0. The van der Waals surface area contributed by atoms with Crippen LogP contribution in [0.25, 0.3) is 0 Å². The molecular formula is C13H20N2O2S2. The highest BCUT2D eigenvalue weighted by molar-refractivity contribution is 7.89. The van der Waals surface area contributed by atoms with Crippen molar-refractivity contribution in [3.8, 4) is 0 Å². The van der Waals surface area contributed by atoms with Crippen molar-refractivity contribution in [2.24, 2.45) is 5.73 Å². The molecule has 0 aliphatic rings. The van der Waals surface area contributed by atoms with E-state index in [0.29, 0.717) is 29.3 Å². The molecule has 0 bridgehead atoms. The molecule has 0 amide bonds. The minimum absolute atomic E-state index is 0.294. The van der Waals surface area contributed by atoms with Gasteiger partial charge in [-0.1, -0.05) is 37.7 Å². The lowest BCUT2D eigenvalue weighted by Crippen LogP contribution is -2.25. The van der Waals surface area contributed by atoms with E-state index in [9.17, 15) is 8.42 Å². The maximum Gasteiger partial charge on any atom is 0.240 e. The van der Waals surface area contributed by atoms with Crippen molar-refractivity contribution >= 4 is 27.2 Å². The Morgan fingerprint density at radius 3 is 2.47 bits per heavy atom. The smallest absolute Gasteiger partial charge is 0.240 e. The molecule has 0 spiro atoms. The van der Waals surface area contributed by atoms with Gasteiger partial charge in [0.2, 0.25) is 10.0 Å². The van der Waals surface area contributed by atoms with E-state index < -0.39 is 10.0 Å². The summed E-state index contributed by atoms with van der Waals surface area (Å²) in [4.78, 5) is 0.700. The van der Waals surface area contributed by atoms with Crippen molar-refractivity contribution in [2.45, 2.75) is 37.5 Å². The van der Waals surface area contributed by atoms with E-state index in [4.69, 9.17) is 18.0 Å². The van der Waals surface area contributed by atoms with Gasteiger partial charge in [0.25, 0.3) is 0 Å². The molecule has 3 N–H and O–H groups in total. The van der Waals surface area contributed by atoms with Gasteiger partial charge in [-0.25, -0.2) is 13.1 Å². The Labute approximate surface area is 120 Å². The quantitative estimate of drug-likeness (QED) is 0.569. The first-order chi connectivity index (χ1) is 8.95. The Bertz CT molecular complexity index is 510. The van der Waals surface area contributed by atoms with Gasteiger partial charge in [0.15, 0.2) is 0 Å². The van der Waals surface area contributed by atoms with Gasteiger partial charge in [-0.2, -0.15) is 0 Å². The van der Waals surface area contributed by atoms with Crippen LogP contribution in [0, 0.1) is 0 Å². The zero-order valence-corrected chi connectivity index (χ0v) is 12.7. The highest BCUT2D eigenvalue weighted by Crippen LogP contribution is 2.11. The summed E-state index contributed by atoms with van der Waals surface area (Å²) in [5.41, 5.74) is 6.50. The lowest BCUT2D eigenvalue weighted by molar-refractivity contribution is 0.580. The van der Waals surface area contributed by atoms with Crippen molar-refractivity contribution in [2.75, 3.05) is 6.54 Å². The third kappa shape index (κ3) is 5.67. The first kappa shape index (κ1) is 16.1. The van der Waals surface area contributed by atoms with Crippen LogP contribution in [0.4, 0.5) is 0 Å². The Hall–Kier alpha value is -0.980. The van der Waals surface area contributed by atoms with Gasteiger partial charge < -0.3 is 5.73 Å². The number of benzene rings is 1. The first-order valence-corrected chi connectivity index (χ1v) is 8.21. The molecule has 0 saturated heterocycles. The summed E-state index contributed by atoms with van der Waals surface area (Å²) >= 11 is 4.74. The summed E-state index contributed by atoms with van der Waals surface area (Å²) < 4.78 is 26.5. The van der Waals surface area contributed by atoms with E-state index in [1.54, 1.807) is 12.1 Å². The van der Waals surface area contributed by atoms with Crippen LogP contribution in [-0.2, 0) is 16.4 Å². The summed E-state index contributed by atoms with van der Waals surface area (Å²) in [7, 11) is -3.42. The number of nitrogens with two attached hydrogens (primary N) is 1. The van der Waals surface area contributed by atoms with Crippen LogP contribution in [0.1, 0.15) is 31.7 Å². The predicted octanol–water partition coefficient (Wildman–Crippen LogP) is 1.98. The minimum Gasteiger partial charge on any atom is -0.393 e. The molecule has 106 valence electrons. The Kier molecular flexibility index (Phi) is 6.41. The average Bonchev–Trinajstić information content (AvgIpc) is 2.36. The normalized spacial score (nSPS) is 11.4. The summed E-state index contributed by atoms with van der Waals surface area (Å²) in [5, 5.41) is 0. The van der Waals surface area contributed by atoms with Gasteiger partial charge >= 0.3 is 0 Å². The second-order valence-electron chi connectivity index (χ2n) is 4.36. The molecule has 0 atom stereocenters. The molecule has 0 unspecified atom stereocenters. The van der Waals surface area contributed by atoms with E-state index in [0.717, 1.165) is 18.4 Å². The lowest BCUT2D eigenvalue weighted by atomic mass is 10.1. The fourth-order valence-corrected chi connectivity index (χ4v) is 2.89. The van der Waals surface area contributed by atoms with Crippen molar-refractivity contribution in [3.05, 3.63) is 29.8 Å². The summed E-state index contributed by atoms with van der Waals surface area (Å²) in [6.07, 6.45) is 3.17. The molecule has 0 aliphatic carbocycles. The molecule has 4 nitrogen and oxygen atoms in total. The maximum atomic E-state index is 12.0. The zero-order valence-electron chi connectivity index (χ0n) is 11.1. The van der Waals surface area contributed by atoms with Gasteiger partial charge in [0.05, 0.1) is 9.88 Å². The maximum absolute atomic E-state index is 12.0. The molecule has 0 aliphatic heterocycles. The van der Waals surface area contributed by atoms with Crippen molar-refractivity contribution in [3.63, 3.8) is 0 Å². The van der Waals surface area contributed by atoms with E-state index >= 15 is 0 Å². The second kappa shape index (κ2) is 7.57. The largest absolute Gasteiger partial charge is 0.393 e. The van der Waals surface area contributed by atoms with Crippen LogP contribution in [0.5, 0.6) is 0 Å². The number of hydrogen-bond acceptors (Lipinski definition) is 3. The standard InChI is InChI=1S/C13H20N2O2S2/c1-2-4-11-6-8-12(9-7-11)19(16,17)15-10-3-5-13(14)18/h6-9,15H,2-5,10H2,1H3,(H2,14,18). The fourth-order valence-electron chi connectivity index (χ4n) is 1.68. The number of rotatable bonds is 8. The molecule has 1 aromatic rings. The van der Waals surface area contributed by atoms with E-state index in [1.165, 1.54) is 0 Å². The molecule has 0 heterocycles. The fraction of sp³-hybridized carbons (Fsp3) is 0.462. The number of thiocarbonyl (C=S) groups is 1. The van der Waals surface area contributed by atoms with Crippen LogP contribution in [0.3, 0.4) is 0 Å².